The molecule has 2 nitrogen and oxygen atoms in total. The number of hydrogen-bond acceptors (Lipinski definition) is 3. The van der Waals surface area contributed by atoms with Gasteiger partial charge in [-0.05, 0) is 31.6 Å². The van der Waals surface area contributed by atoms with Gasteiger partial charge in [0.2, 0.25) is 0 Å². The predicted molar refractivity (Wildman–Crippen MR) is 66.8 cm³/mol. The fourth-order valence-corrected chi connectivity index (χ4v) is 4.04. The average Bonchev–Trinajstić information content (AvgIpc) is 3.09. The van der Waals surface area contributed by atoms with E-state index in [9.17, 15) is 13.2 Å². The molecule has 0 radical (unpaired) electrons. The van der Waals surface area contributed by atoms with E-state index in [2.05, 4.69) is 10.3 Å². The molecule has 0 bridgehead atoms. The Hall–Kier alpha value is -0.390. The van der Waals surface area contributed by atoms with E-state index in [-0.39, 0.29) is 18.9 Å². The third kappa shape index (κ3) is 2.24. The summed E-state index contributed by atoms with van der Waals surface area (Å²) in [5, 5.41) is 3.19. The number of aliphatic imine (C=N–C) groups is 1. The van der Waals surface area contributed by atoms with Gasteiger partial charge in [-0.2, -0.15) is 13.2 Å². The fraction of sp³-hybridized carbons (Fsp3) is 0.917. The van der Waals surface area contributed by atoms with Crippen molar-refractivity contribution in [1.29, 1.82) is 0 Å². The summed E-state index contributed by atoms with van der Waals surface area (Å²) in [7, 11) is 0. The molecule has 1 heterocycles. The van der Waals surface area contributed by atoms with Gasteiger partial charge < -0.3 is 5.32 Å². The molecule has 2 aliphatic carbocycles. The highest BCUT2D eigenvalue weighted by atomic mass is 32.2. The monoisotopic (exact) mass is 278 g/mol. The molecule has 0 aromatic rings. The van der Waals surface area contributed by atoms with Crippen LogP contribution in [0.4, 0.5) is 13.2 Å². The van der Waals surface area contributed by atoms with E-state index in [4.69, 9.17) is 0 Å². The smallest absolute Gasteiger partial charge is 0.351 e. The zero-order chi connectivity index (χ0) is 12.8. The average molecular weight is 278 g/mol. The molecule has 1 N–H and O–H groups in total. The van der Waals surface area contributed by atoms with Crippen LogP contribution < -0.4 is 5.32 Å². The number of rotatable bonds is 1. The number of amidine groups is 1. The van der Waals surface area contributed by atoms with Gasteiger partial charge in [0, 0.05) is 5.75 Å². The SMILES string of the molecule is FC(F)(F)C1(NC2=NC3CCCCC3CS2)CC1. The molecule has 2 unspecified atom stereocenters. The molecule has 0 aromatic heterocycles. The lowest BCUT2D eigenvalue weighted by atomic mass is 9.86. The highest BCUT2D eigenvalue weighted by Crippen LogP contribution is 2.49. The molecule has 18 heavy (non-hydrogen) atoms. The van der Waals surface area contributed by atoms with Crippen molar-refractivity contribution in [2.45, 2.75) is 56.3 Å². The van der Waals surface area contributed by atoms with Crippen molar-refractivity contribution in [2.24, 2.45) is 10.9 Å². The number of alkyl halides is 3. The van der Waals surface area contributed by atoms with Crippen LogP contribution in [0.3, 0.4) is 0 Å². The third-order valence-corrected chi connectivity index (χ3v) is 5.30. The van der Waals surface area contributed by atoms with Crippen LogP contribution in [0.2, 0.25) is 0 Å². The quantitative estimate of drug-likeness (QED) is 0.795. The lowest BCUT2D eigenvalue weighted by Gasteiger charge is -2.34. The summed E-state index contributed by atoms with van der Waals surface area (Å²) in [4.78, 5) is 4.51. The van der Waals surface area contributed by atoms with Gasteiger partial charge in [0.1, 0.15) is 5.54 Å². The zero-order valence-electron chi connectivity index (χ0n) is 10.1. The molecule has 0 aromatic carbocycles. The van der Waals surface area contributed by atoms with E-state index in [1.807, 2.05) is 0 Å². The fourth-order valence-electron chi connectivity index (χ4n) is 2.80. The highest BCUT2D eigenvalue weighted by Gasteiger charge is 2.64. The van der Waals surface area contributed by atoms with E-state index in [0.29, 0.717) is 11.1 Å². The predicted octanol–water partition coefficient (Wildman–Crippen LogP) is 3.33. The van der Waals surface area contributed by atoms with Crippen molar-refractivity contribution in [1.82, 2.24) is 5.32 Å². The van der Waals surface area contributed by atoms with E-state index >= 15 is 0 Å². The van der Waals surface area contributed by atoms with Crippen LogP contribution in [-0.2, 0) is 0 Å². The summed E-state index contributed by atoms with van der Waals surface area (Å²) in [6.07, 6.45) is 0.835. The molecule has 2 saturated carbocycles. The zero-order valence-corrected chi connectivity index (χ0v) is 10.9. The Morgan fingerprint density at radius 2 is 1.94 bits per heavy atom. The summed E-state index contributed by atoms with van der Waals surface area (Å²) in [6, 6.07) is 0.256. The summed E-state index contributed by atoms with van der Waals surface area (Å²) in [5.74, 6) is 1.50. The lowest BCUT2D eigenvalue weighted by Crippen LogP contribution is -2.48. The second-order valence-electron chi connectivity index (χ2n) is 5.56. The van der Waals surface area contributed by atoms with Gasteiger partial charge in [0.05, 0.1) is 6.04 Å². The minimum atomic E-state index is -4.15. The van der Waals surface area contributed by atoms with E-state index in [1.165, 1.54) is 24.6 Å². The first-order valence-corrected chi connectivity index (χ1v) is 7.54. The van der Waals surface area contributed by atoms with Crippen molar-refractivity contribution in [3.8, 4) is 0 Å². The van der Waals surface area contributed by atoms with Crippen LogP contribution in [-0.4, -0.2) is 28.7 Å². The van der Waals surface area contributed by atoms with Crippen LogP contribution in [0, 0.1) is 5.92 Å². The first-order chi connectivity index (χ1) is 8.50. The Kier molecular flexibility index (Phi) is 3.03. The summed E-state index contributed by atoms with van der Waals surface area (Å²) >= 11 is 1.47. The molecule has 2 atom stereocenters. The minimum Gasteiger partial charge on any atom is -0.351 e. The van der Waals surface area contributed by atoms with E-state index in [1.54, 1.807) is 0 Å². The number of thioether (sulfide) groups is 1. The largest absolute Gasteiger partial charge is 0.411 e. The number of nitrogens with one attached hydrogen (secondary N) is 1. The van der Waals surface area contributed by atoms with Gasteiger partial charge in [0.25, 0.3) is 0 Å². The maximum atomic E-state index is 12.9. The first-order valence-electron chi connectivity index (χ1n) is 6.56. The van der Waals surface area contributed by atoms with Crippen LogP contribution in [0.15, 0.2) is 4.99 Å². The summed E-state index contributed by atoms with van der Waals surface area (Å²) in [5.41, 5.74) is -1.67. The number of fused-ring (bicyclic) bond motifs is 1. The molecule has 0 spiro atoms. The van der Waals surface area contributed by atoms with Crippen molar-refractivity contribution in [3.63, 3.8) is 0 Å². The molecule has 0 saturated heterocycles. The highest BCUT2D eigenvalue weighted by molar-refractivity contribution is 8.13. The molecule has 1 aliphatic heterocycles. The normalized spacial score (nSPS) is 34.5. The molecular formula is C12H17F3N2S. The second kappa shape index (κ2) is 4.32. The van der Waals surface area contributed by atoms with Gasteiger partial charge in [-0.25, -0.2) is 0 Å². The van der Waals surface area contributed by atoms with Crippen LogP contribution in [0.5, 0.6) is 0 Å². The van der Waals surface area contributed by atoms with Gasteiger partial charge in [0.15, 0.2) is 5.17 Å². The number of hydrogen-bond donors (Lipinski definition) is 1. The Morgan fingerprint density at radius 1 is 1.22 bits per heavy atom. The van der Waals surface area contributed by atoms with Gasteiger partial charge in [-0.15, -0.1) is 0 Å². The molecule has 3 aliphatic rings. The number of nitrogens with zero attached hydrogens (tertiary/aromatic N) is 1. The van der Waals surface area contributed by atoms with Gasteiger partial charge >= 0.3 is 6.18 Å². The summed E-state index contributed by atoms with van der Waals surface area (Å²) in [6.45, 7) is 0. The summed E-state index contributed by atoms with van der Waals surface area (Å²) < 4.78 is 38.6. The van der Waals surface area contributed by atoms with Crippen molar-refractivity contribution in [2.75, 3.05) is 5.75 Å². The lowest BCUT2D eigenvalue weighted by molar-refractivity contribution is -0.161. The second-order valence-corrected chi connectivity index (χ2v) is 6.57. The Balaban J connectivity index is 1.69. The third-order valence-electron chi connectivity index (χ3n) is 4.23. The topological polar surface area (TPSA) is 24.4 Å². The van der Waals surface area contributed by atoms with Crippen LogP contribution in [0.25, 0.3) is 0 Å². The van der Waals surface area contributed by atoms with Crippen molar-refractivity contribution < 1.29 is 13.2 Å². The van der Waals surface area contributed by atoms with E-state index in [0.717, 1.165) is 18.6 Å². The minimum absolute atomic E-state index is 0.185. The van der Waals surface area contributed by atoms with Crippen molar-refractivity contribution >= 4 is 16.9 Å². The molecule has 0 amide bonds. The molecular weight excluding hydrogens is 261 g/mol. The molecule has 6 heteroatoms. The molecule has 102 valence electrons. The maximum absolute atomic E-state index is 12.9. The Labute approximate surface area is 109 Å². The Morgan fingerprint density at radius 3 is 2.61 bits per heavy atom. The van der Waals surface area contributed by atoms with E-state index < -0.39 is 11.7 Å². The Bertz CT molecular complexity index is 363. The van der Waals surface area contributed by atoms with Crippen LogP contribution in [0.1, 0.15) is 38.5 Å². The molecule has 3 rings (SSSR count). The van der Waals surface area contributed by atoms with Gasteiger partial charge in [-0.3, -0.25) is 4.99 Å². The maximum Gasteiger partial charge on any atom is 0.411 e. The van der Waals surface area contributed by atoms with Crippen molar-refractivity contribution in [3.05, 3.63) is 0 Å². The molecule has 2 fully saturated rings. The first kappa shape index (κ1) is 12.6. The standard InChI is InChI=1S/C12H17F3N2S/c13-12(14,15)11(5-6-11)17-10-16-9-4-2-1-3-8(9)7-18-10/h8-9H,1-7H2,(H,16,17). The van der Waals surface area contributed by atoms with Gasteiger partial charge in [-0.1, -0.05) is 24.6 Å². The number of halogens is 3. The van der Waals surface area contributed by atoms with Crippen LogP contribution >= 0.6 is 11.8 Å².